The third kappa shape index (κ3) is 4.12. The molecule has 6 nitrogen and oxygen atoms in total. The lowest BCUT2D eigenvalue weighted by Gasteiger charge is -2.34. The number of sulfonamides is 1. The van der Waals surface area contributed by atoms with Gasteiger partial charge in [-0.3, -0.25) is 4.79 Å². The minimum Gasteiger partial charge on any atom is -0.390 e. The molecule has 0 radical (unpaired) electrons. The van der Waals surface area contributed by atoms with Gasteiger partial charge < -0.3 is 10.4 Å². The van der Waals surface area contributed by atoms with Gasteiger partial charge in [-0.25, -0.2) is 8.42 Å². The van der Waals surface area contributed by atoms with Gasteiger partial charge in [-0.05, 0) is 37.1 Å². The molecule has 0 saturated carbocycles. The fourth-order valence-electron chi connectivity index (χ4n) is 2.85. The second kappa shape index (κ2) is 7.57. The molecule has 26 heavy (non-hydrogen) atoms. The summed E-state index contributed by atoms with van der Waals surface area (Å²) in [4.78, 5) is 12.4. The molecule has 2 aromatic rings. The third-order valence-corrected chi connectivity index (χ3v) is 6.17. The van der Waals surface area contributed by atoms with E-state index in [9.17, 15) is 18.3 Å². The number of nitrogens with zero attached hydrogens (tertiary/aromatic N) is 1. The maximum Gasteiger partial charge on any atom is 0.251 e. The van der Waals surface area contributed by atoms with E-state index >= 15 is 0 Å². The molecule has 1 heterocycles. The van der Waals surface area contributed by atoms with Crippen LogP contribution in [0.1, 0.15) is 21.5 Å². The van der Waals surface area contributed by atoms with Gasteiger partial charge >= 0.3 is 0 Å². The Morgan fingerprint density at radius 2 is 1.92 bits per heavy atom. The average molecular weight is 374 g/mol. The van der Waals surface area contributed by atoms with Gasteiger partial charge in [-0.15, -0.1) is 0 Å². The molecule has 1 aliphatic heterocycles. The molecule has 138 valence electrons. The number of aryl methyl sites for hydroxylation is 1. The van der Waals surface area contributed by atoms with E-state index in [2.05, 4.69) is 11.4 Å². The monoisotopic (exact) mass is 374 g/mol. The lowest BCUT2D eigenvalue weighted by atomic mass is 10.1. The molecule has 0 spiro atoms. The van der Waals surface area contributed by atoms with Crippen molar-refractivity contribution in [2.45, 2.75) is 24.3 Å². The summed E-state index contributed by atoms with van der Waals surface area (Å²) in [6.45, 7) is 2.67. The number of benzene rings is 2. The Hall–Kier alpha value is -2.22. The number of nitrogens with one attached hydrogen (secondary N) is 1. The summed E-state index contributed by atoms with van der Waals surface area (Å²) in [5.41, 5.74) is 2.61. The zero-order valence-corrected chi connectivity index (χ0v) is 15.4. The highest BCUT2D eigenvalue weighted by Crippen LogP contribution is 2.22. The van der Waals surface area contributed by atoms with Gasteiger partial charge in [-0.2, -0.15) is 4.31 Å². The van der Waals surface area contributed by atoms with E-state index < -0.39 is 16.1 Å². The molecule has 3 rings (SSSR count). The van der Waals surface area contributed by atoms with Gasteiger partial charge in [0.25, 0.3) is 5.91 Å². The molecule has 1 amide bonds. The number of aliphatic hydroxyl groups excluding tert-OH is 1. The number of amides is 1. The van der Waals surface area contributed by atoms with E-state index in [0.717, 1.165) is 5.56 Å². The zero-order valence-electron chi connectivity index (χ0n) is 14.6. The lowest BCUT2D eigenvalue weighted by Crippen LogP contribution is -2.53. The summed E-state index contributed by atoms with van der Waals surface area (Å²) in [5.74, 6) is -0.307. The number of rotatable bonds is 6. The topological polar surface area (TPSA) is 86.7 Å². The first-order chi connectivity index (χ1) is 12.4. The van der Waals surface area contributed by atoms with Gasteiger partial charge in [-0.1, -0.05) is 35.9 Å². The zero-order chi connectivity index (χ0) is 18.7. The molecule has 0 bridgehead atoms. The molecule has 7 heteroatoms. The first-order valence-corrected chi connectivity index (χ1v) is 9.92. The summed E-state index contributed by atoms with van der Waals surface area (Å²) in [7, 11) is -3.67. The molecule has 0 aromatic heterocycles. The summed E-state index contributed by atoms with van der Waals surface area (Å²) >= 11 is 0. The lowest BCUT2D eigenvalue weighted by molar-refractivity contribution is 0.0547. The standard InChI is InChI=1S/C19H22N2O4S/c1-14-4-2-5-15(10-14)8-9-20-19(23)16-6-3-7-18(11-16)26(24,25)21-12-17(22)13-21/h2-7,10-11,17,22H,8-9,12-13H2,1H3,(H,20,23). The fraction of sp³-hybridized carbons (Fsp3) is 0.316. The number of carbonyl (C=O) groups excluding carboxylic acids is 1. The van der Waals surface area contributed by atoms with Crippen molar-refractivity contribution in [2.24, 2.45) is 0 Å². The second-order valence-electron chi connectivity index (χ2n) is 6.50. The van der Waals surface area contributed by atoms with E-state index in [4.69, 9.17) is 0 Å². The van der Waals surface area contributed by atoms with Crippen molar-refractivity contribution in [1.29, 1.82) is 0 Å². The molecular formula is C19H22N2O4S. The van der Waals surface area contributed by atoms with Crippen LogP contribution in [0, 0.1) is 6.92 Å². The third-order valence-electron chi connectivity index (χ3n) is 4.34. The van der Waals surface area contributed by atoms with E-state index in [1.807, 2.05) is 25.1 Å². The second-order valence-corrected chi connectivity index (χ2v) is 8.44. The number of carbonyl (C=O) groups is 1. The molecule has 0 aliphatic carbocycles. The summed E-state index contributed by atoms with van der Waals surface area (Å²) in [6, 6.07) is 14.1. The van der Waals surface area contributed by atoms with Gasteiger partial charge in [0.15, 0.2) is 0 Å². The Balaban J connectivity index is 1.63. The van der Waals surface area contributed by atoms with E-state index in [0.29, 0.717) is 18.5 Å². The largest absolute Gasteiger partial charge is 0.390 e. The highest BCUT2D eigenvalue weighted by molar-refractivity contribution is 7.89. The molecule has 1 aliphatic rings. The van der Waals surface area contributed by atoms with Gasteiger partial charge in [0.2, 0.25) is 10.0 Å². The van der Waals surface area contributed by atoms with Crippen LogP contribution in [-0.4, -0.2) is 49.5 Å². The quantitative estimate of drug-likeness (QED) is 0.799. The summed E-state index contributed by atoms with van der Waals surface area (Å²) in [6.07, 6.45) is 0.0924. The Labute approximate surface area is 153 Å². The van der Waals surface area contributed by atoms with Crippen LogP contribution >= 0.6 is 0 Å². The van der Waals surface area contributed by atoms with Gasteiger partial charge in [0, 0.05) is 25.2 Å². The van der Waals surface area contributed by atoms with Gasteiger partial charge in [0.05, 0.1) is 11.0 Å². The minimum atomic E-state index is -3.67. The smallest absolute Gasteiger partial charge is 0.251 e. The van der Waals surface area contributed by atoms with Crippen LogP contribution in [-0.2, 0) is 16.4 Å². The average Bonchev–Trinajstić information content (AvgIpc) is 2.59. The van der Waals surface area contributed by atoms with Crippen LogP contribution in [0.15, 0.2) is 53.4 Å². The molecular weight excluding hydrogens is 352 g/mol. The van der Waals surface area contributed by atoms with Crippen molar-refractivity contribution in [1.82, 2.24) is 9.62 Å². The first-order valence-electron chi connectivity index (χ1n) is 8.48. The van der Waals surface area contributed by atoms with Crippen LogP contribution in [0.25, 0.3) is 0 Å². The maximum atomic E-state index is 12.4. The van der Waals surface area contributed by atoms with Crippen molar-refractivity contribution in [3.05, 3.63) is 65.2 Å². The van der Waals surface area contributed by atoms with Crippen LogP contribution in [0.2, 0.25) is 0 Å². The highest BCUT2D eigenvalue weighted by atomic mass is 32.2. The van der Waals surface area contributed by atoms with Crippen LogP contribution < -0.4 is 5.32 Å². The maximum absolute atomic E-state index is 12.4. The molecule has 0 unspecified atom stereocenters. The van der Waals surface area contributed by atoms with Gasteiger partial charge in [0.1, 0.15) is 0 Å². The normalized spacial score (nSPS) is 15.5. The van der Waals surface area contributed by atoms with Crippen molar-refractivity contribution >= 4 is 15.9 Å². The predicted octanol–water partition coefficient (Wildman–Crippen LogP) is 1.33. The van der Waals surface area contributed by atoms with Crippen molar-refractivity contribution in [3.63, 3.8) is 0 Å². The Morgan fingerprint density at radius 3 is 2.62 bits per heavy atom. The highest BCUT2D eigenvalue weighted by Gasteiger charge is 2.35. The number of β-amino-alcohol motifs (C(OH)–C–C–N with tert-alkyl or cyclic N) is 1. The Morgan fingerprint density at radius 1 is 1.19 bits per heavy atom. The predicted molar refractivity (Wildman–Crippen MR) is 98.4 cm³/mol. The number of hydrogen-bond acceptors (Lipinski definition) is 4. The van der Waals surface area contributed by atoms with Crippen LogP contribution in [0.4, 0.5) is 0 Å². The van der Waals surface area contributed by atoms with Crippen molar-refractivity contribution in [3.8, 4) is 0 Å². The fourth-order valence-corrected chi connectivity index (χ4v) is 4.41. The number of hydrogen-bond donors (Lipinski definition) is 2. The molecule has 2 N–H and O–H groups in total. The van der Waals surface area contributed by atoms with Crippen molar-refractivity contribution in [2.75, 3.05) is 19.6 Å². The summed E-state index contributed by atoms with van der Waals surface area (Å²) in [5, 5.41) is 12.1. The van der Waals surface area contributed by atoms with Crippen LogP contribution in [0.3, 0.4) is 0 Å². The molecule has 2 aromatic carbocycles. The van der Waals surface area contributed by atoms with Crippen molar-refractivity contribution < 1.29 is 18.3 Å². The van der Waals surface area contributed by atoms with E-state index in [1.165, 1.54) is 22.0 Å². The van der Waals surface area contributed by atoms with Crippen LogP contribution in [0.5, 0.6) is 0 Å². The molecule has 0 atom stereocenters. The Kier molecular flexibility index (Phi) is 5.41. The Bertz CT molecular complexity index is 905. The van der Waals surface area contributed by atoms with E-state index in [1.54, 1.807) is 12.1 Å². The minimum absolute atomic E-state index is 0.0655. The van der Waals surface area contributed by atoms with E-state index in [-0.39, 0.29) is 23.9 Å². The number of aliphatic hydroxyl groups is 1. The molecule has 1 saturated heterocycles. The molecule has 1 fully saturated rings. The summed E-state index contributed by atoms with van der Waals surface area (Å²) < 4.78 is 26.1. The first kappa shape index (κ1) is 18.6. The SMILES string of the molecule is Cc1cccc(CCNC(=O)c2cccc(S(=O)(=O)N3CC(O)C3)c2)c1.